The van der Waals surface area contributed by atoms with Crippen molar-refractivity contribution in [1.82, 2.24) is 4.98 Å². The van der Waals surface area contributed by atoms with Crippen LogP contribution in [0.1, 0.15) is 5.56 Å². The predicted octanol–water partition coefficient (Wildman–Crippen LogP) is 7.91. The molecule has 1 aliphatic rings. The van der Waals surface area contributed by atoms with Crippen molar-refractivity contribution < 1.29 is 22.0 Å². The number of halogens is 5. The van der Waals surface area contributed by atoms with Gasteiger partial charge >= 0.3 is 6.18 Å². The molecule has 1 nitrogen and oxygen atoms in total. The summed E-state index contributed by atoms with van der Waals surface area (Å²) in [7, 11) is 0. The van der Waals surface area contributed by atoms with E-state index in [9.17, 15) is 22.0 Å². The van der Waals surface area contributed by atoms with Gasteiger partial charge in [-0.15, -0.1) is 11.3 Å². The van der Waals surface area contributed by atoms with E-state index in [2.05, 4.69) is 4.98 Å². The van der Waals surface area contributed by atoms with Crippen molar-refractivity contribution in [3.63, 3.8) is 0 Å². The molecule has 3 aromatic carbocycles. The fourth-order valence-corrected chi connectivity index (χ4v) is 5.64. The summed E-state index contributed by atoms with van der Waals surface area (Å²) in [6.07, 6.45) is -4.46. The summed E-state index contributed by atoms with van der Waals surface area (Å²) in [5.74, 6) is -1.43. The lowest BCUT2D eigenvalue weighted by atomic mass is 10.0. The number of fused-ring (bicyclic) bond motifs is 5. The van der Waals surface area contributed by atoms with Gasteiger partial charge in [-0.25, -0.2) is 13.8 Å². The SMILES string of the molecule is Fc1ccc(-c2nc3c(s2)-c2ccccc2Sc2cc(C(F)(F)F)ccc2-3)c(F)c1. The Bertz CT molecular complexity index is 1290. The highest BCUT2D eigenvalue weighted by Crippen LogP contribution is 2.52. The number of rotatable bonds is 1. The van der Waals surface area contributed by atoms with Crippen LogP contribution < -0.4 is 0 Å². The van der Waals surface area contributed by atoms with Crippen molar-refractivity contribution in [3.05, 3.63) is 77.9 Å². The number of alkyl halides is 3. The van der Waals surface area contributed by atoms with Gasteiger partial charge in [0.25, 0.3) is 0 Å². The Morgan fingerprint density at radius 2 is 1.53 bits per heavy atom. The molecule has 2 heterocycles. The Hall–Kier alpha value is -2.71. The first-order valence-corrected chi connectivity index (χ1v) is 10.4. The zero-order valence-corrected chi connectivity index (χ0v) is 16.6. The molecular formula is C22H10F5NS2. The van der Waals surface area contributed by atoms with E-state index < -0.39 is 23.4 Å². The van der Waals surface area contributed by atoms with Crippen LogP contribution in [0.3, 0.4) is 0 Å². The third-order valence-electron chi connectivity index (χ3n) is 4.70. The lowest BCUT2D eigenvalue weighted by molar-refractivity contribution is -0.137. The number of thiazole rings is 1. The van der Waals surface area contributed by atoms with Crippen LogP contribution in [0.25, 0.3) is 32.3 Å². The molecule has 8 heteroatoms. The molecule has 5 rings (SSSR count). The van der Waals surface area contributed by atoms with Crippen molar-refractivity contribution in [2.45, 2.75) is 16.0 Å². The smallest absolute Gasteiger partial charge is 0.235 e. The second-order valence-corrected chi connectivity index (χ2v) is 8.71. The third kappa shape index (κ3) is 3.20. The average Bonchev–Trinajstić information content (AvgIpc) is 3.07. The predicted molar refractivity (Wildman–Crippen MR) is 107 cm³/mol. The summed E-state index contributed by atoms with van der Waals surface area (Å²) in [6, 6.07) is 14.1. The molecule has 0 fully saturated rings. The molecule has 1 aromatic heterocycles. The monoisotopic (exact) mass is 447 g/mol. The minimum atomic E-state index is -4.46. The molecule has 0 N–H and O–H groups in total. The standard InChI is InChI=1S/C22H10F5NS2/c23-12-6-8-13(16(24)10-12)21-28-19-14-7-5-11(22(25,26)27)9-18(14)29-17-4-2-1-3-15(17)20(19)30-21/h1-10H. The Kier molecular flexibility index (Phi) is 4.44. The minimum absolute atomic E-state index is 0.146. The molecule has 0 amide bonds. The van der Waals surface area contributed by atoms with Gasteiger partial charge in [0.15, 0.2) is 0 Å². The third-order valence-corrected chi connectivity index (χ3v) is 6.96. The van der Waals surface area contributed by atoms with E-state index in [0.717, 1.165) is 39.6 Å². The Morgan fingerprint density at radius 3 is 2.30 bits per heavy atom. The van der Waals surface area contributed by atoms with E-state index in [-0.39, 0.29) is 5.56 Å². The van der Waals surface area contributed by atoms with Crippen molar-refractivity contribution in [2.75, 3.05) is 0 Å². The van der Waals surface area contributed by atoms with Gasteiger partial charge in [0.05, 0.1) is 16.1 Å². The quantitative estimate of drug-likeness (QED) is 0.242. The molecule has 30 heavy (non-hydrogen) atoms. The van der Waals surface area contributed by atoms with Gasteiger partial charge in [-0.1, -0.05) is 36.0 Å². The van der Waals surface area contributed by atoms with E-state index in [4.69, 9.17) is 0 Å². The van der Waals surface area contributed by atoms with Gasteiger partial charge in [0.1, 0.15) is 16.6 Å². The van der Waals surface area contributed by atoms with Crippen LogP contribution in [-0.4, -0.2) is 4.98 Å². The zero-order valence-electron chi connectivity index (χ0n) is 14.9. The van der Waals surface area contributed by atoms with Gasteiger partial charge in [-0.2, -0.15) is 13.2 Å². The lowest BCUT2D eigenvalue weighted by Crippen LogP contribution is -2.05. The zero-order chi connectivity index (χ0) is 21.0. The van der Waals surface area contributed by atoms with Gasteiger partial charge in [0, 0.05) is 32.5 Å². The van der Waals surface area contributed by atoms with E-state index in [0.29, 0.717) is 21.2 Å². The summed E-state index contributed by atoms with van der Waals surface area (Å²) in [6.45, 7) is 0. The van der Waals surface area contributed by atoms with Crippen molar-refractivity contribution in [2.24, 2.45) is 0 Å². The van der Waals surface area contributed by atoms with Crippen molar-refractivity contribution in [3.8, 4) is 32.3 Å². The van der Waals surface area contributed by atoms with E-state index in [1.165, 1.54) is 35.2 Å². The number of hydrogen-bond acceptors (Lipinski definition) is 3. The van der Waals surface area contributed by atoms with Gasteiger partial charge in [-0.3, -0.25) is 0 Å². The van der Waals surface area contributed by atoms with Crippen LogP contribution in [0.5, 0.6) is 0 Å². The normalized spacial score (nSPS) is 12.7. The Morgan fingerprint density at radius 1 is 0.767 bits per heavy atom. The van der Waals surface area contributed by atoms with Crippen LogP contribution in [0.2, 0.25) is 0 Å². The molecule has 0 bridgehead atoms. The Balaban J connectivity index is 1.77. The molecule has 0 saturated carbocycles. The molecule has 150 valence electrons. The highest BCUT2D eigenvalue weighted by molar-refractivity contribution is 7.99. The maximum atomic E-state index is 14.4. The Labute approximate surface area is 176 Å². The molecule has 0 saturated heterocycles. The van der Waals surface area contributed by atoms with Crippen LogP contribution in [0.15, 0.2) is 70.5 Å². The van der Waals surface area contributed by atoms with Gasteiger partial charge < -0.3 is 0 Å². The molecule has 0 aliphatic carbocycles. The lowest BCUT2D eigenvalue weighted by Gasteiger charge is -2.11. The molecule has 1 aliphatic heterocycles. The summed E-state index contributed by atoms with van der Waals surface area (Å²) in [4.78, 5) is 6.50. The summed E-state index contributed by atoms with van der Waals surface area (Å²) >= 11 is 2.47. The topological polar surface area (TPSA) is 12.9 Å². The van der Waals surface area contributed by atoms with Gasteiger partial charge in [0.2, 0.25) is 0 Å². The number of nitrogens with zero attached hydrogens (tertiary/aromatic N) is 1. The number of hydrogen-bond donors (Lipinski definition) is 0. The van der Waals surface area contributed by atoms with Crippen LogP contribution in [0, 0.1) is 11.6 Å². The van der Waals surface area contributed by atoms with Gasteiger partial charge in [-0.05, 0) is 30.3 Å². The number of benzene rings is 3. The molecule has 0 unspecified atom stereocenters. The number of aromatic nitrogens is 1. The highest BCUT2D eigenvalue weighted by Gasteiger charge is 2.33. The largest absolute Gasteiger partial charge is 0.416 e. The van der Waals surface area contributed by atoms with Crippen LogP contribution in [0.4, 0.5) is 22.0 Å². The second kappa shape index (κ2) is 6.92. The molecule has 0 spiro atoms. The fourth-order valence-electron chi connectivity index (χ4n) is 3.30. The van der Waals surface area contributed by atoms with Crippen LogP contribution >= 0.6 is 23.1 Å². The summed E-state index contributed by atoms with van der Waals surface area (Å²) in [5, 5.41) is 0.338. The van der Waals surface area contributed by atoms with E-state index >= 15 is 0 Å². The van der Waals surface area contributed by atoms with Crippen molar-refractivity contribution >= 4 is 23.1 Å². The first-order chi connectivity index (χ1) is 14.3. The molecule has 4 aromatic rings. The average molecular weight is 447 g/mol. The molecular weight excluding hydrogens is 437 g/mol. The first kappa shape index (κ1) is 19.3. The highest BCUT2D eigenvalue weighted by atomic mass is 32.2. The fraction of sp³-hybridized carbons (Fsp3) is 0.0455. The second-order valence-electron chi connectivity index (χ2n) is 6.63. The molecule has 0 atom stereocenters. The maximum Gasteiger partial charge on any atom is 0.416 e. The van der Waals surface area contributed by atoms with E-state index in [1.807, 2.05) is 24.3 Å². The van der Waals surface area contributed by atoms with Crippen molar-refractivity contribution in [1.29, 1.82) is 0 Å². The minimum Gasteiger partial charge on any atom is -0.235 e. The van der Waals surface area contributed by atoms with Crippen LogP contribution in [-0.2, 0) is 6.18 Å². The maximum absolute atomic E-state index is 14.4. The summed E-state index contributed by atoms with van der Waals surface area (Å²) in [5.41, 5.74) is 1.25. The molecule has 0 radical (unpaired) electrons. The first-order valence-electron chi connectivity index (χ1n) is 8.76. The summed E-state index contributed by atoms with van der Waals surface area (Å²) < 4.78 is 67.5. The van der Waals surface area contributed by atoms with E-state index in [1.54, 1.807) is 0 Å².